The van der Waals surface area contributed by atoms with Gasteiger partial charge in [-0.2, -0.15) is 9.61 Å². The summed E-state index contributed by atoms with van der Waals surface area (Å²) in [5.41, 5.74) is 0.275. The molecule has 0 aliphatic heterocycles. The Kier molecular flexibility index (Phi) is 1.58. The van der Waals surface area contributed by atoms with E-state index in [1.165, 1.54) is 17.0 Å². The number of hydrogen-bond donors (Lipinski definition) is 0. The van der Waals surface area contributed by atoms with Crippen molar-refractivity contribution in [1.29, 1.82) is 0 Å². The van der Waals surface area contributed by atoms with E-state index in [-0.39, 0.29) is 12.2 Å². The molecule has 2 aromatic heterocycles. The summed E-state index contributed by atoms with van der Waals surface area (Å²) in [6, 6.07) is 0. The molecule has 0 amide bonds. The van der Waals surface area contributed by atoms with Crippen molar-refractivity contribution in [3.05, 3.63) is 28.3 Å². The van der Waals surface area contributed by atoms with Crippen LogP contribution < -0.4 is 0 Å². The molecule has 0 aromatic carbocycles. The van der Waals surface area contributed by atoms with E-state index < -0.39 is 4.92 Å². The maximum absolute atomic E-state index is 10.1. The van der Waals surface area contributed by atoms with Crippen LogP contribution in [-0.4, -0.2) is 29.7 Å². The molecule has 2 rings (SSSR count). The van der Waals surface area contributed by atoms with Gasteiger partial charge in [-0.1, -0.05) is 0 Å². The highest BCUT2D eigenvalue weighted by atomic mass is 16.6. The largest absolute Gasteiger partial charge is 0.271 e. The number of nitrogens with zero attached hydrogens (tertiary/aromatic N) is 6. The zero-order valence-corrected chi connectivity index (χ0v) is 6.36. The lowest BCUT2D eigenvalue weighted by Crippen LogP contribution is -2.05. The summed E-state index contributed by atoms with van der Waals surface area (Å²) < 4.78 is 1.29. The minimum absolute atomic E-state index is 0.275. The molecular weight excluding hydrogens is 176 g/mol. The van der Waals surface area contributed by atoms with Gasteiger partial charge in [-0.15, -0.1) is 10.2 Å². The van der Waals surface area contributed by atoms with Gasteiger partial charge in [-0.25, -0.2) is 4.98 Å². The van der Waals surface area contributed by atoms with Crippen LogP contribution in [0.4, 0.5) is 0 Å². The van der Waals surface area contributed by atoms with E-state index in [1.54, 1.807) is 0 Å². The van der Waals surface area contributed by atoms with Crippen molar-refractivity contribution >= 4 is 5.78 Å². The topological polar surface area (TPSA) is 99.1 Å². The van der Waals surface area contributed by atoms with Gasteiger partial charge in [0.1, 0.15) is 6.33 Å². The van der Waals surface area contributed by atoms with Crippen LogP contribution in [-0.2, 0) is 6.54 Å². The second-order valence-electron chi connectivity index (χ2n) is 2.32. The SMILES string of the molecule is O=[N+]([O-])Cc1cnc2nncn2n1. The third-order valence-electron chi connectivity index (χ3n) is 1.37. The molecule has 0 saturated carbocycles. The van der Waals surface area contributed by atoms with E-state index in [9.17, 15) is 10.1 Å². The molecule has 2 heterocycles. The second kappa shape index (κ2) is 2.73. The number of fused-ring (bicyclic) bond motifs is 1. The van der Waals surface area contributed by atoms with Gasteiger partial charge in [0.05, 0.1) is 6.20 Å². The zero-order valence-electron chi connectivity index (χ0n) is 6.36. The molecule has 66 valence electrons. The molecule has 0 bridgehead atoms. The molecule has 0 fully saturated rings. The lowest BCUT2D eigenvalue weighted by atomic mass is 10.5. The minimum atomic E-state index is -0.472. The van der Waals surface area contributed by atoms with E-state index in [0.29, 0.717) is 5.78 Å². The molecule has 0 unspecified atom stereocenters. The van der Waals surface area contributed by atoms with Crippen molar-refractivity contribution in [2.45, 2.75) is 6.54 Å². The summed E-state index contributed by atoms with van der Waals surface area (Å²) in [4.78, 5) is 13.5. The normalized spacial score (nSPS) is 10.5. The van der Waals surface area contributed by atoms with Gasteiger partial charge in [0.15, 0.2) is 5.69 Å². The molecule has 0 spiro atoms. The standard InChI is InChI=1S/C5H4N6O2/c12-11(13)2-4-1-6-5-8-7-3-10(5)9-4/h1,3H,2H2. The predicted octanol–water partition coefficient (Wildman–Crippen LogP) is -0.704. The van der Waals surface area contributed by atoms with Crippen molar-refractivity contribution in [2.75, 3.05) is 0 Å². The molecule has 0 saturated heterocycles. The average Bonchev–Trinajstić information content (AvgIpc) is 2.49. The van der Waals surface area contributed by atoms with Crippen molar-refractivity contribution in [2.24, 2.45) is 0 Å². The summed E-state index contributed by atoms with van der Waals surface area (Å²) in [5, 5.41) is 21.2. The highest BCUT2D eigenvalue weighted by molar-refractivity contribution is 5.21. The van der Waals surface area contributed by atoms with E-state index in [2.05, 4.69) is 20.3 Å². The number of hydrogen-bond acceptors (Lipinski definition) is 6. The summed E-state index contributed by atoms with van der Waals surface area (Å²) >= 11 is 0. The summed E-state index contributed by atoms with van der Waals surface area (Å²) in [5.74, 6) is 0.326. The van der Waals surface area contributed by atoms with Crippen molar-refractivity contribution < 1.29 is 4.92 Å². The quantitative estimate of drug-likeness (QED) is 0.447. The lowest BCUT2D eigenvalue weighted by Gasteiger charge is -1.93. The van der Waals surface area contributed by atoms with E-state index >= 15 is 0 Å². The Balaban J connectivity index is 2.42. The molecular formula is C5H4N6O2. The van der Waals surface area contributed by atoms with Crippen LogP contribution in [0, 0.1) is 10.1 Å². The molecule has 0 atom stereocenters. The number of aromatic nitrogens is 5. The fourth-order valence-electron chi connectivity index (χ4n) is 0.881. The minimum Gasteiger partial charge on any atom is -0.264 e. The first kappa shape index (κ1) is 7.53. The average molecular weight is 180 g/mol. The fourth-order valence-corrected chi connectivity index (χ4v) is 0.881. The summed E-state index contributed by atoms with van der Waals surface area (Å²) in [6.07, 6.45) is 2.65. The maximum Gasteiger partial charge on any atom is 0.271 e. The molecule has 0 radical (unpaired) electrons. The third-order valence-corrected chi connectivity index (χ3v) is 1.37. The van der Waals surface area contributed by atoms with Crippen molar-refractivity contribution in [3.8, 4) is 0 Å². The second-order valence-corrected chi connectivity index (χ2v) is 2.32. The van der Waals surface area contributed by atoms with Gasteiger partial charge < -0.3 is 0 Å². The lowest BCUT2D eigenvalue weighted by molar-refractivity contribution is -0.497. The first-order valence-electron chi connectivity index (χ1n) is 3.39. The van der Waals surface area contributed by atoms with Crippen molar-refractivity contribution in [3.63, 3.8) is 0 Å². The molecule has 0 aliphatic carbocycles. The van der Waals surface area contributed by atoms with Crippen LogP contribution in [0.25, 0.3) is 5.78 Å². The van der Waals surface area contributed by atoms with E-state index in [4.69, 9.17) is 0 Å². The Hall–Kier alpha value is -2.12. The van der Waals surface area contributed by atoms with Gasteiger partial charge in [0.2, 0.25) is 6.54 Å². The fraction of sp³-hybridized carbons (Fsp3) is 0.200. The Morgan fingerprint density at radius 1 is 1.62 bits per heavy atom. The van der Waals surface area contributed by atoms with Crippen LogP contribution in [0.5, 0.6) is 0 Å². The van der Waals surface area contributed by atoms with Crippen LogP contribution in [0.3, 0.4) is 0 Å². The molecule has 13 heavy (non-hydrogen) atoms. The van der Waals surface area contributed by atoms with Crippen LogP contribution in [0.2, 0.25) is 0 Å². The van der Waals surface area contributed by atoms with Gasteiger partial charge in [-0.3, -0.25) is 10.1 Å². The highest BCUT2D eigenvalue weighted by Crippen LogP contribution is 1.95. The summed E-state index contributed by atoms with van der Waals surface area (Å²) in [6.45, 7) is -0.346. The first-order valence-corrected chi connectivity index (χ1v) is 3.39. The van der Waals surface area contributed by atoms with Crippen LogP contribution >= 0.6 is 0 Å². The van der Waals surface area contributed by atoms with Gasteiger partial charge >= 0.3 is 0 Å². The number of nitro groups is 1. The van der Waals surface area contributed by atoms with Gasteiger partial charge in [0, 0.05) is 4.92 Å². The predicted molar refractivity (Wildman–Crippen MR) is 39.3 cm³/mol. The molecule has 0 N–H and O–H groups in total. The summed E-state index contributed by atoms with van der Waals surface area (Å²) in [7, 11) is 0. The number of rotatable bonds is 2. The molecule has 0 aliphatic rings. The van der Waals surface area contributed by atoms with E-state index in [0.717, 1.165) is 0 Å². The smallest absolute Gasteiger partial charge is 0.264 e. The Morgan fingerprint density at radius 2 is 2.46 bits per heavy atom. The van der Waals surface area contributed by atoms with Crippen molar-refractivity contribution in [1.82, 2.24) is 24.8 Å². The highest BCUT2D eigenvalue weighted by Gasteiger charge is 2.05. The Bertz CT molecular complexity index is 451. The third kappa shape index (κ3) is 1.41. The zero-order chi connectivity index (χ0) is 9.26. The monoisotopic (exact) mass is 180 g/mol. The molecule has 8 nitrogen and oxygen atoms in total. The molecule has 2 aromatic rings. The Labute approximate surface area is 71.4 Å². The first-order chi connectivity index (χ1) is 6.25. The van der Waals surface area contributed by atoms with Gasteiger partial charge in [0.25, 0.3) is 5.78 Å². The maximum atomic E-state index is 10.1. The molecule has 8 heteroatoms. The van der Waals surface area contributed by atoms with Crippen LogP contribution in [0.1, 0.15) is 5.69 Å². The van der Waals surface area contributed by atoms with E-state index in [1.807, 2.05) is 0 Å². The van der Waals surface area contributed by atoms with Crippen LogP contribution in [0.15, 0.2) is 12.5 Å². The van der Waals surface area contributed by atoms with Gasteiger partial charge in [-0.05, 0) is 0 Å². The Morgan fingerprint density at radius 3 is 3.23 bits per heavy atom.